The van der Waals surface area contributed by atoms with Crippen LogP contribution in [0.4, 0.5) is 0 Å². The van der Waals surface area contributed by atoms with E-state index in [9.17, 15) is 9.59 Å². The Morgan fingerprint density at radius 2 is 1.83 bits per heavy atom. The van der Waals surface area contributed by atoms with Crippen LogP contribution in [0.5, 0.6) is 5.75 Å². The minimum atomic E-state index is -0.390. The second kappa shape index (κ2) is 10.1. The van der Waals surface area contributed by atoms with E-state index in [1.807, 2.05) is 29.2 Å². The molecule has 2 saturated heterocycles. The van der Waals surface area contributed by atoms with Crippen molar-refractivity contribution in [2.24, 2.45) is 0 Å². The molecule has 2 aliphatic heterocycles. The molecule has 0 radical (unpaired) electrons. The van der Waals surface area contributed by atoms with E-state index >= 15 is 0 Å². The molecule has 0 unspecified atom stereocenters. The molecule has 2 heterocycles. The number of nitrogens with one attached hydrogen (secondary N) is 1. The molecule has 0 aromatic heterocycles. The minimum Gasteiger partial charge on any atom is -0.496 e. The summed E-state index contributed by atoms with van der Waals surface area (Å²) in [5, 5.41) is 5.47. The Morgan fingerprint density at radius 3 is 2.57 bits per heavy atom. The summed E-state index contributed by atoms with van der Waals surface area (Å²) in [4.78, 5) is 27.7. The van der Waals surface area contributed by atoms with Crippen LogP contribution in [-0.4, -0.2) is 42.5 Å². The summed E-state index contributed by atoms with van der Waals surface area (Å²) in [6.07, 6.45) is 5.25. The molecule has 2 aliphatic rings. The zero-order valence-corrected chi connectivity index (χ0v) is 20.5. The van der Waals surface area contributed by atoms with Crippen molar-refractivity contribution in [2.45, 2.75) is 56.4 Å². The average molecular weight is 471 g/mol. The summed E-state index contributed by atoms with van der Waals surface area (Å²) < 4.78 is 5.56. The molecule has 2 fully saturated rings. The van der Waals surface area contributed by atoms with Crippen molar-refractivity contribution in [3.8, 4) is 5.75 Å². The first-order valence-corrected chi connectivity index (χ1v) is 12.8. The maximum Gasteiger partial charge on any atom is 0.222 e. The summed E-state index contributed by atoms with van der Waals surface area (Å²) in [5.74, 6) is 1.53. The van der Waals surface area contributed by atoms with Crippen molar-refractivity contribution in [3.63, 3.8) is 0 Å². The van der Waals surface area contributed by atoms with Gasteiger partial charge >= 0.3 is 0 Å². The van der Waals surface area contributed by atoms with Crippen molar-refractivity contribution in [1.82, 2.24) is 10.2 Å². The smallest absolute Gasteiger partial charge is 0.222 e. The SMILES string of the molecule is COc1ccc(C[C@@]2(CCC(=O)N3CCC[C@H](c4ccccc4)C3)CCC(=O)N2)c2ccccc12. The van der Waals surface area contributed by atoms with E-state index in [1.165, 1.54) is 11.1 Å². The number of hydrogen-bond acceptors (Lipinski definition) is 3. The highest BCUT2D eigenvalue weighted by molar-refractivity contribution is 5.91. The Balaban J connectivity index is 1.31. The number of hydrogen-bond donors (Lipinski definition) is 1. The van der Waals surface area contributed by atoms with Crippen LogP contribution < -0.4 is 10.1 Å². The maximum atomic E-state index is 13.3. The molecular formula is C30H34N2O3. The predicted molar refractivity (Wildman–Crippen MR) is 139 cm³/mol. The number of piperidine rings is 1. The molecule has 35 heavy (non-hydrogen) atoms. The Hall–Kier alpha value is -3.34. The largest absolute Gasteiger partial charge is 0.496 e. The van der Waals surface area contributed by atoms with E-state index in [1.54, 1.807) is 7.11 Å². The third kappa shape index (κ3) is 5.04. The van der Waals surface area contributed by atoms with Gasteiger partial charge in [-0.25, -0.2) is 0 Å². The van der Waals surface area contributed by atoms with Gasteiger partial charge < -0.3 is 15.0 Å². The van der Waals surface area contributed by atoms with E-state index in [0.29, 0.717) is 31.6 Å². The third-order valence-corrected chi connectivity index (χ3v) is 7.82. The standard InChI is InChI=1S/C30H34N2O3/c1-35-27-14-13-23(25-11-5-6-12-26(25)27)20-30(17-15-28(33)31-30)18-16-29(34)32-19-7-10-24(21-32)22-8-3-2-4-9-22/h2-6,8-9,11-14,24H,7,10,15-21H2,1H3,(H,31,33)/t24-,30-/m0/s1. The molecule has 1 N–H and O–H groups in total. The molecular weight excluding hydrogens is 436 g/mol. The molecule has 0 aliphatic carbocycles. The molecule has 0 saturated carbocycles. The fraction of sp³-hybridized carbons (Fsp3) is 0.400. The minimum absolute atomic E-state index is 0.0809. The number of nitrogens with zero attached hydrogens (tertiary/aromatic N) is 1. The van der Waals surface area contributed by atoms with Crippen LogP contribution in [0.1, 0.15) is 55.6 Å². The number of rotatable bonds is 7. The lowest BCUT2D eigenvalue weighted by Gasteiger charge is -2.35. The quantitative estimate of drug-likeness (QED) is 0.515. The average Bonchev–Trinajstić information content (AvgIpc) is 3.28. The topological polar surface area (TPSA) is 58.6 Å². The van der Waals surface area contributed by atoms with Crippen LogP contribution in [0.15, 0.2) is 66.7 Å². The van der Waals surface area contributed by atoms with E-state index < -0.39 is 5.54 Å². The number of ether oxygens (including phenoxy) is 1. The first-order chi connectivity index (χ1) is 17.1. The molecule has 182 valence electrons. The molecule has 2 amide bonds. The van der Waals surface area contributed by atoms with Crippen LogP contribution in [-0.2, 0) is 16.0 Å². The van der Waals surface area contributed by atoms with Gasteiger partial charge in [0.15, 0.2) is 0 Å². The van der Waals surface area contributed by atoms with E-state index in [0.717, 1.165) is 48.9 Å². The Kier molecular flexibility index (Phi) is 6.76. The lowest BCUT2D eigenvalue weighted by atomic mass is 9.83. The van der Waals surface area contributed by atoms with Crippen LogP contribution in [0, 0.1) is 0 Å². The number of amides is 2. The lowest BCUT2D eigenvalue weighted by Crippen LogP contribution is -2.45. The van der Waals surface area contributed by atoms with Crippen LogP contribution in [0.2, 0.25) is 0 Å². The zero-order chi connectivity index (χ0) is 24.3. The van der Waals surface area contributed by atoms with Crippen LogP contribution in [0.3, 0.4) is 0 Å². The number of carbonyl (C=O) groups is 2. The maximum absolute atomic E-state index is 13.3. The molecule has 0 bridgehead atoms. The predicted octanol–water partition coefficient (Wildman–Crippen LogP) is 5.23. The van der Waals surface area contributed by atoms with Gasteiger partial charge in [0, 0.05) is 42.8 Å². The molecule has 0 spiro atoms. The van der Waals surface area contributed by atoms with Gasteiger partial charge in [0.25, 0.3) is 0 Å². The summed E-state index contributed by atoms with van der Waals surface area (Å²) in [5.41, 5.74) is 2.10. The second-order valence-electron chi connectivity index (χ2n) is 10.1. The molecule has 5 heteroatoms. The summed E-state index contributed by atoms with van der Waals surface area (Å²) in [6.45, 7) is 1.61. The molecule has 3 aromatic rings. The van der Waals surface area contributed by atoms with Crippen LogP contribution in [0.25, 0.3) is 10.8 Å². The molecule has 5 nitrogen and oxygen atoms in total. The van der Waals surface area contributed by atoms with Gasteiger partial charge in [-0.1, -0.05) is 60.7 Å². The van der Waals surface area contributed by atoms with Gasteiger partial charge in [0.05, 0.1) is 7.11 Å². The highest BCUT2D eigenvalue weighted by Crippen LogP contribution is 2.35. The van der Waals surface area contributed by atoms with Gasteiger partial charge in [-0.3, -0.25) is 9.59 Å². The molecule has 2 atom stereocenters. The van der Waals surface area contributed by atoms with E-state index in [2.05, 4.69) is 47.8 Å². The highest BCUT2D eigenvalue weighted by Gasteiger charge is 2.39. The molecule has 3 aromatic carbocycles. The van der Waals surface area contributed by atoms with Crippen molar-refractivity contribution >= 4 is 22.6 Å². The Morgan fingerprint density at radius 1 is 1.06 bits per heavy atom. The lowest BCUT2D eigenvalue weighted by molar-refractivity contribution is -0.133. The van der Waals surface area contributed by atoms with Crippen molar-refractivity contribution < 1.29 is 14.3 Å². The first kappa shape index (κ1) is 23.4. The second-order valence-corrected chi connectivity index (χ2v) is 10.1. The Labute approximate surface area is 207 Å². The molecule has 5 rings (SSSR count). The summed E-state index contributed by atoms with van der Waals surface area (Å²) in [6, 6.07) is 22.9. The summed E-state index contributed by atoms with van der Waals surface area (Å²) in [7, 11) is 1.69. The third-order valence-electron chi connectivity index (χ3n) is 7.82. The van der Waals surface area contributed by atoms with E-state index in [4.69, 9.17) is 4.74 Å². The normalized spacial score (nSPS) is 22.3. The first-order valence-electron chi connectivity index (χ1n) is 12.8. The number of fused-ring (bicyclic) bond motifs is 1. The summed E-state index contributed by atoms with van der Waals surface area (Å²) >= 11 is 0. The van der Waals surface area contributed by atoms with Crippen LogP contribution >= 0.6 is 0 Å². The van der Waals surface area contributed by atoms with Crippen molar-refractivity contribution in [2.75, 3.05) is 20.2 Å². The monoisotopic (exact) mass is 470 g/mol. The van der Waals surface area contributed by atoms with Gasteiger partial charge in [-0.2, -0.15) is 0 Å². The highest BCUT2D eigenvalue weighted by atomic mass is 16.5. The number of benzene rings is 3. The van der Waals surface area contributed by atoms with Gasteiger partial charge in [-0.05, 0) is 54.7 Å². The van der Waals surface area contributed by atoms with E-state index in [-0.39, 0.29) is 11.8 Å². The van der Waals surface area contributed by atoms with Crippen molar-refractivity contribution in [3.05, 3.63) is 77.9 Å². The van der Waals surface area contributed by atoms with Crippen molar-refractivity contribution in [1.29, 1.82) is 0 Å². The fourth-order valence-corrected chi connectivity index (χ4v) is 5.92. The number of likely N-dealkylation sites (tertiary alicyclic amines) is 1. The van der Waals surface area contributed by atoms with Gasteiger partial charge in [0.1, 0.15) is 5.75 Å². The Bertz CT molecular complexity index is 1210. The van der Waals surface area contributed by atoms with Gasteiger partial charge in [0.2, 0.25) is 11.8 Å². The van der Waals surface area contributed by atoms with Gasteiger partial charge in [-0.15, -0.1) is 0 Å². The number of carbonyl (C=O) groups excluding carboxylic acids is 2. The number of methoxy groups -OCH3 is 1. The zero-order valence-electron chi connectivity index (χ0n) is 20.5. The fourth-order valence-electron chi connectivity index (χ4n) is 5.92.